The zero-order valence-electron chi connectivity index (χ0n) is 17.0. The molecule has 154 valence electrons. The second-order valence-corrected chi connectivity index (χ2v) is 7.20. The first-order valence-corrected chi connectivity index (χ1v) is 9.62. The summed E-state index contributed by atoms with van der Waals surface area (Å²) in [5.74, 6) is -0.922. The number of benzene rings is 3. The standard InChI is InChI=1S/C24H19N3O4/c1-16-8-12-19(13-9-16)26-23(28)21(17-10-14-20(15-11-17)27(30)31)22(24(26)29)25(2)18-6-4-3-5-7-18/h3-15H,1-2H3. The van der Waals surface area contributed by atoms with Crippen LogP contribution in [0, 0.1) is 17.0 Å². The van der Waals surface area contributed by atoms with Gasteiger partial charge in [0.05, 0.1) is 16.2 Å². The fourth-order valence-corrected chi connectivity index (χ4v) is 3.55. The maximum atomic E-state index is 13.5. The van der Waals surface area contributed by atoms with Gasteiger partial charge in [-0.2, -0.15) is 0 Å². The number of carbonyl (C=O) groups is 2. The van der Waals surface area contributed by atoms with Gasteiger partial charge in [-0.25, -0.2) is 4.90 Å². The van der Waals surface area contributed by atoms with Gasteiger partial charge in [0.2, 0.25) is 0 Å². The number of anilines is 2. The SMILES string of the molecule is Cc1ccc(N2C(=O)C(c3ccc([N+](=O)[O-])cc3)=C(N(C)c3ccccc3)C2=O)cc1. The van der Waals surface area contributed by atoms with Crippen molar-refractivity contribution < 1.29 is 14.5 Å². The van der Waals surface area contributed by atoms with E-state index < -0.39 is 16.7 Å². The molecule has 0 radical (unpaired) electrons. The molecule has 0 N–H and O–H groups in total. The topological polar surface area (TPSA) is 83.8 Å². The lowest BCUT2D eigenvalue weighted by molar-refractivity contribution is -0.384. The van der Waals surface area contributed by atoms with E-state index in [1.54, 1.807) is 24.1 Å². The Balaban J connectivity index is 1.86. The van der Waals surface area contributed by atoms with Crippen molar-refractivity contribution in [2.45, 2.75) is 6.92 Å². The zero-order chi connectivity index (χ0) is 22.1. The van der Waals surface area contributed by atoms with E-state index in [9.17, 15) is 19.7 Å². The smallest absolute Gasteiger partial charge is 0.282 e. The molecule has 0 atom stereocenters. The highest BCUT2D eigenvalue weighted by molar-refractivity contribution is 6.46. The molecule has 0 bridgehead atoms. The molecule has 1 aliphatic heterocycles. The van der Waals surface area contributed by atoms with Gasteiger partial charge in [0.1, 0.15) is 5.70 Å². The number of rotatable bonds is 5. The maximum absolute atomic E-state index is 13.5. The number of nitro benzene ring substituents is 1. The Morgan fingerprint density at radius 1 is 0.839 bits per heavy atom. The van der Waals surface area contributed by atoms with E-state index in [0.29, 0.717) is 11.3 Å². The third-order valence-electron chi connectivity index (χ3n) is 5.20. The Kier molecular flexibility index (Phi) is 5.09. The lowest BCUT2D eigenvalue weighted by atomic mass is 10.0. The Labute approximate surface area is 179 Å². The highest BCUT2D eigenvalue weighted by Gasteiger charge is 2.42. The minimum atomic E-state index is -0.505. The molecular formula is C24H19N3O4. The fourth-order valence-electron chi connectivity index (χ4n) is 3.55. The molecule has 0 spiro atoms. The van der Waals surface area contributed by atoms with Gasteiger partial charge in [0.25, 0.3) is 17.5 Å². The van der Waals surface area contributed by atoms with Crippen molar-refractivity contribution in [1.82, 2.24) is 0 Å². The summed E-state index contributed by atoms with van der Waals surface area (Å²) >= 11 is 0. The van der Waals surface area contributed by atoms with Crippen molar-refractivity contribution in [3.63, 3.8) is 0 Å². The minimum absolute atomic E-state index is 0.0884. The first-order valence-electron chi connectivity index (χ1n) is 9.62. The van der Waals surface area contributed by atoms with E-state index in [1.165, 1.54) is 24.3 Å². The van der Waals surface area contributed by atoms with Gasteiger partial charge in [0, 0.05) is 24.9 Å². The number of non-ortho nitro benzene ring substituents is 1. The fraction of sp³-hybridized carbons (Fsp3) is 0.0833. The van der Waals surface area contributed by atoms with Gasteiger partial charge in [-0.3, -0.25) is 19.7 Å². The molecule has 0 saturated heterocycles. The molecule has 31 heavy (non-hydrogen) atoms. The second kappa shape index (κ2) is 7.87. The molecule has 7 nitrogen and oxygen atoms in total. The number of hydrogen-bond acceptors (Lipinski definition) is 5. The summed E-state index contributed by atoms with van der Waals surface area (Å²) in [7, 11) is 1.72. The molecular weight excluding hydrogens is 394 g/mol. The molecule has 2 amide bonds. The second-order valence-electron chi connectivity index (χ2n) is 7.20. The van der Waals surface area contributed by atoms with Crippen molar-refractivity contribution in [2.24, 2.45) is 0 Å². The van der Waals surface area contributed by atoms with Gasteiger partial charge in [-0.05, 0) is 48.9 Å². The Morgan fingerprint density at radius 3 is 2.03 bits per heavy atom. The van der Waals surface area contributed by atoms with E-state index in [4.69, 9.17) is 0 Å². The molecule has 1 aliphatic rings. The van der Waals surface area contributed by atoms with Crippen LogP contribution in [-0.4, -0.2) is 23.8 Å². The molecule has 3 aromatic carbocycles. The van der Waals surface area contributed by atoms with Crippen molar-refractivity contribution in [1.29, 1.82) is 0 Å². The highest BCUT2D eigenvalue weighted by atomic mass is 16.6. The lowest BCUT2D eigenvalue weighted by Crippen LogP contribution is -2.34. The number of carbonyl (C=O) groups excluding carboxylic acids is 2. The van der Waals surface area contributed by atoms with Gasteiger partial charge in [-0.1, -0.05) is 35.9 Å². The zero-order valence-corrected chi connectivity index (χ0v) is 17.0. The quantitative estimate of drug-likeness (QED) is 0.353. The number of imide groups is 1. The van der Waals surface area contributed by atoms with Crippen LogP contribution in [0.2, 0.25) is 0 Å². The van der Waals surface area contributed by atoms with Crippen LogP contribution in [0.15, 0.2) is 84.6 Å². The molecule has 4 rings (SSSR count). The summed E-state index contributed by atoms with van der Waals surface area (Å²) in [6, 6.07) is 22.0. The molecule has 7 heteroatoms. The number of amides is 2. The van der Waals surface area contributed by atoms with E-state index in [2.05, 4.69) is 0 Å². The third kappa shape index (κ3) is 3.57. The van der Waals surface area contributed by atoms with Crippen molar-refractivity contribution in [2.75, 3.05) is 16.8 Å². The summed E-state index contributed by atoms with van der Waals surface area (Å²) in [6.45, 7) is 1.92. The highest BCUT2D eigenvalue weighted by Crippen LogP contribution is 2.36. The molecule has 1 heterocycles. The van der Waals surface area contributed by atoms with E-state index >= 15 is 0 Å². The predicted octanol–water partition coefficient (Wildman–Crippen LogP) is 4.32. The summed E-state index contributed by atoms with van der Waals surface area (Å²) < 4.78 is 0. The average Bonchev–Trinajstić information content (AvgIpc) is 3.04. The van der Waals surface area contributed by atoms with E-state index in [-0.39, 0.29) is 17.0 Å². The van der Waals surface area contributed by atoms with Crippen LogP contribution in [0.3, 0.4) is 0 Å². The van der Waals surface area contributed by atoms with E-state index in [1.807, 2.05) is 49.4 Å². The maximum Gasteiger partial charge on any atom is 0.282 e. The van der Waals surface area contributed by atoms with Crippen molar-refractivity contribution >= 4 is 34.4 Å². The van der Waals surface area contributed by atoms with Gasteiger partial charge < -0.3 is 4.90 Å². The molecule has 3 aromatic rings. The Hall–Kier alpha value is -4.26. The van der Waals surface area contributed by atoms with Gasteiger partial charge in [0.15, 0.2) is 0 Å². The van der Waals surface area contributed by atoms with Crippen LogP contribution in [0.25, 0.3) is 5.57 Å². The van der Waals surface area contributed by atoms with Crippen LogP contribution in [0.5, 0.6) is 0 Å². The normalized spacial score (nSPS) is 13.7. The first-order chi connectivity index (χ1) is 14.9. The van der Waals surface area contributed by atoms with Crippen LogP contribution in [-0.2, 0) is 9.59 Å². The summed E-state index contributed by atoms with van der Waals surface area (Å²) in [4.78, 5) is 40.3. The van der Waals surface area contributed by atoms with Crippen LogP contribution >= 0.6 is 0 Å². The minimum Gasteiger partial charge on any atom is -0.339 e. The van der Waals surface area contributed by atoms with Gasteiger partial charge in [-0.15, -0.1) is 0 Å². The van der Waals surface area contributed by atoms with Crippen LogP contribution < -0.4 is 9.80 Å². The number of likely N-dealkylation sites (N-methyl/N-ethyl adjacent to an activating group) is 1. The number of nitro groups is 1. The number of para-hydroxylation sites is 1. The van der Waals surface area contributed by atoms with Crippen molar-refractivity contribution in [3.05, 3.63) is 106 Å². The average molecular weight is 413 g/mol. The predicted molar refractivity (Wildman–Crippen MR) is 119 cm³/mol. The first kappa shape index (κ1) is 20.0. The number of hydrogen-bond donors (Lipinski definition) is 0. The molecule has 0 aliphatic carbocycles. The number of nitrogens with zero attached hydrogens (tertiary/aromatic N) is 3. The van der Waals surface area contributed by atoms with Crippen LogP contribution in [0.1, 0.15) is 11.1 Å². The molecule has 0 saturated carbocycles. The van der Waals surface area contributed by atoms with Gasteiger partial charge >= 0.3 is 0 Å². The molecule has 0 aromatic heterocycles. The summed E-state index contributed by atoms with van der Waals surface area (Å²) in [6.07, 6.45) is 0. The summed E-state index contributed by atoms with van der Waals surface area (Å²) in [5.41, 5.74) is 2.98. The molecule has 0 fully saturated rings. The summed E-state index contributed by atoms with van der Waals surface area (Å²) in [5, 5.41) is 11.0. The number of aryl methyl sites for hydroxylation is 1. The lowest BCUT2D eigenvalue weighted by Gasteiger charge is -2.21. The third-order valence-corrected chi connectivity index (χ3v) is 5.20. The molecule has 0 unspecified atom stereocenters. The Bertz CT molecular complexity index is 1200. The van der Waals surface area contributed by atoms with Crippen LogP contribution in [0.4, 0.5) is 17.1 Å². The monoisotopic (exact) mass is 413 g/mol. The van der Waals surface area contributed by atoms with E-state index in [0.717, 1.165) is 16.2 Å². The Morgan fingerprint density at radius 2 is 1.45 bits per heavy atom. The van der Waals surface area contributed by atoms with Crippen molar-refractivity contribution in [3.8, 4) is 0 Å². The largest absolute Gasteiger partial charge is 0.339 e.